The summed E-state index contributed by atoms with van der Waals surface area (Å²) in [5, 5.41) is 13.5. The standard InChI is InChI=1S/C23H37N3O2.HI/c1-3-19-16-26(13-10-21(19)20-8-6-5-7-9-20)22(24-4-2)25-17-23(18-27)11-14-28-15-12-23;/h5-9,19,21,27H,3-4,10-18H2,1-2H3,(H,24,25);1H. The molecule has 2 aliphatic rings. The normalized spacial score (nSPS) is 24.7. The maximum atomic E-state index is 9.98. The average molecular weight is 515 g/mol. The summed E-state index contributed by atoms with van der Waals surface area (Å²) < 4.78 is 5.49. The van der Waals surface area contributed by atoms with E-state index >= 15 is 0 Å². The molecule has 164 valence electrons. The molecule has 3 rings (SSSR count). The van der Waals surface area contributed by atoms with Gasteiger partial charge in [0.15, 0.2) is 5.96 Å². The smallest absolute Gasteiger partial charge is 0.193 e. The number of likely N-dealkylation sites (tertiary alicyclic amines) is 1. The Morgan fingerprint density at radius 2 is 1.97 bits per heavy atom. The molecule has 29 heavy (non-hydrogen) atoms. The van der Waals surface area contributed by atoms with Crippen molar-refractivity contribution in [2.75, 3.05) is 46.0 Å². The maximum absolute atomic E-state index is 9.98. The van der Waals surface area contributed by atoms with Crippen LogP contribution in [0.3, 0.4) is 0 Å². The van der Waals surface area contributed by atoms with Crippen LogP contribution in [0.2, 0.25) is 0 Å². The lowest BCUT2D eigenvalue weighted by molar-refractivity contribution is -0.0107. The van der Waals surface area contributed by atoms with E-state index in [-0.39, 0.29) is 36.0 Å². The number of aliphatic hydroxyl groups excluding tert-OH is 1. The predicted molar refractivity (Wildman–Crippen MR) is 130 cm³/mol. The number of aliphatic imine (C=N–C) groups is 1. The quantitative estimate of drug-likeness (QED) is 0.343. The van der Waals surface area contributed by atoms with Gasteiger partial charge in [0, 0.05) is 38.3 Å². The van der Waals surface area contributed by atoms with Gasteiger partial charge in [-0.1, -0.05) is 43.7 Å². The first-order valence-electron chi connectivity index (χ1n) is 11.0. The van der Waals surface area contributed by atoms with Crippen LogP contribution in [-0.4, -0.2) is 62.0 Å². The van der Waals surface area contributed by atoms with Crippen LogP contribution < -0.4 is 5.32 Å². The fraction of sp³-hybridized carbons (Fsp3) is 0.696. The highest BCUT2D eigenvalue weighted by atomic mass is 127. The van der Waals surface area contributed by atoms with Crippen molar-refractivity contribution >= 4 is 29.9 Å². The molecule has 0 aliphatic carbocycles. The molecule has 2 saturated heterocycles. The summed E-state index contributed by atoms with van der Waals surface area (Å²) in [5.74, 6) is 2.27. The zero-order chi connectivity index (χ0) is 19.8. The van der Waals surface area contributed by atoms with Crippen molar-refractivity contribution in [1.29, 1.82) is 0 Å². The van der Waals surface area contributed by atoms with E-state index < -0.39 is 0 Å². The van der Waals surface area contributed by atoms with Gasteiger partial charge in [0.25, 0.3) is 0 Å². The molecular weight excluding hydrogens is 477 g/mol. The average Bonchev–Trinajstić information content (AvgIpc) is 2.77. The molecule has 1 aromatic carbocycles. The van der Waals surface area contributed by atoms with E-state index in [1.165, 1.54) is 12.0 Å². The molecule has 2 heterocycles. The third-order valence-electron chi connectivity index (χ3n) is 6.57. The molecule has 0 radical (unpaired) electrons. The fourth-order valence-electron chi connectivity index (χ4n) is 4.62. The third kappa shape index (κ3) is 6.31. The van der Waals surface area contributed by atoms with Gasteiger partial charge in [0.2, 0.25) is 0 Å². The molecule has 5 nitrogen and oxygen atoms in total. The second-order valence-electron chi connectivity index (χ2n) is 8.36. The first-order valence-corrected chi connectivity index (χ1v) is 11.0. The minimum Gasteiger partial charge on any atom is -0.396 e. The highest BCUT2D eigenvalue weighted by Gasteiger charge is 2.33. The molecule has 2 fully saturated rings. The van der Waals surface area contributed by atoms with Gasteiger partial charge in [-0.15, -0.1) is 24.0 Å². The zero-order valence-electron chi connectivity index (χ0n) is 18.0. The van der Waals surface area contributed by atoms with Gasteiger partial charge in [-0.3, -0.25) is 4.99 Å². The van der Waals surface area contributed by atoms with Gasteiger partial charge in [0.1, 0.15) is 0 Å². The molecule has 0 saturated carbocycles. The van der Waals surface area contributed by atoms with E-state index in [1.54, 1.807) is 0 Å². The number of benzene rings is 1. The second-order valence-corrected chi connectivity index (χ2v) is 8.36. The van der Waals surface area contributed by atoms with Gasteiger partial charge in [-0.2, -0.15) is 0 Å². The Morgan fingerprint density at radius 1 is 1.24 bits per heavy atom. The lowest BCUT2D eigenvalue weighted by Gasteiger charge is -2.41. The summed E-state index contributed by atoms with van der Waals surface area (Å²) >= 11 is 0. The van der Waals surface area contributed by atoms with E-state index in [4.69, 9.17) is 9.73 Å². The number of nitrogens with zero attached hydrogens (tertiary/aromatic N) is 2. The van der Waals surface area contributed by atoms with Crippen LogP contribution in [-0.2, 0) is 4.74 Å². The number of aliphatic hydroxyl groups is 1. The maximum Gasteiger partial charge on any atom is 0.193 e. The first-order chi connectivity index (χ1) is 13.7. The highest BCUT2D eigenvalue weighted by Crippen LogP contribution is 2.35. The molecule has 6 heteroatoms. The number of nitrogens with one attached hydrogen (secondary N) is 1. The number of hydrogen-bond acceptors (Lipinski definition) is 3. The molecule has 1 aromatic rings. The Labute approximate surface area is 193 Å². The molecule has 2 unspecified atom stereocenters. The summed E-state index contributed by atoms with van der Waals surface area (Å²) in [6.07, 6.45) is 4.11. The van der Waals surface area contributed by atoms with Crippen molar-refractivity contribution < 1.29 is 9.84 Å². The Balaban J connectivity index is 0.00000300. The Morgan fingerprint density at radius 3 is 2.59 bits per heavy atom. The first kappa shape index (κ1) is 24.4. The summed E-state index contributed by atoms with van der Waals surface area (Å²) in [4.78, 5) is 7.42. The predicted octanol–water partition coefficient (Wildman–Crippen LogP) is 3.87. The van der Waals surface area contributed by atoms with Crippen LogP contribution in [0.1, 0.15) is 51.0 Å². The van der Waals surface area contributed by atoms with Crippen molar-refractivity contribution in [3.8, 4) is 0 Å². The van der Waals surface area contributed by atoms with Gasteiger partial charge in [0.05, 0.1) is 13.2 Å². The van der Waals surface area contributed by atoms with Crippen molar-refractivity contribution in [2.45, 2.75) is 45.4 Å². The molecule has 2 aliphatic heterocycles. The van der Waals surface area contributed by atoms with Crippen molar-refractivity contribution in [1.82, 2.24) is 10.2 Å². The molecule has 0 spiro atoms. The van der Waals surface area contributed by atoms with Crippen LogP contribution in [0.4, 0.5) is 0 Å². The Kier molecular flexibility index (Phi) is 10.2. The van der Waals surface area contributed by atoms with Crippen molar-refractivity contribution in [3.05, 3.63) is 35.9 Å². The number of rotatable bonds is 6. The van der Waals surface area contributed by atoms with E-state index in [0.29, 0.717) is 18.4 Å². The van der Waals surface area contributed by atoms with Gasteiger partial charge < -0.3 is 20.1 Å². The summed E-state index contributed by atoms with van der Waals surface area (Å²) in [7, 11) is 0. The zero-order valence-corrected chi connectivity index (χ0v) is 20.3. The van der Waals surface area contributed by atoms with E-state index in [0.717, 1.165) is 58.1 Å². The third-order valence-corrected chi connectivity index (χ3v) is 6.57. The van der Waals surface area contributed by atoms with E-state index in [9.17, 15) is 5.11 Å². The number of guanidine groups is 1. The minimum absolute atomic E-state index is 0. The minimum atomic E-state index is -0.120. The highest BCUT2D eigenvalue weighted by molar-refractivity contribution is 14.0. The molecule has 0 aromatic heterocycles. The number of ether oxygens (including phenoxy) is 1. The van der Waals surface area contributed by atoms with Gasteiger partial charge in [-0.05, 0) is 43.6 Å². The monoisotopic (exact) mass is 515 g/mol. The van der Waals surface area contributed by atoms with Crippen molar-refractivity contribution in [2.24, 2.45) is 16.3 Å². The van der Waals surface area contributed by atoms with Crippen molar-refractivity contribution in [3.63, 3.8) is 0 Å². The summed E-state index contributed by atoms with van der Waals surface area (Å²) in [6, 6.07) is 11.0. The van der Waals surface area contributed by atoms with Crippen LogP contribution in [0.15, 0.2) is 35.3 Å². The molecule has 2 N–H and O–H groups in total. The number of piperidine rings is 1. The van der Waals surface area contributed by atoms with E-state index in [1.807, 2.05) is 0 Å². The van der Waals surface area contributed by atoms with Crippen LogP contribution >= 0.6 is 24.0 Å². The molecule has 0 bridgehead atoms. The fourth-order valence-corrected chi connectivity index (χ4v) is 4.62. The Bertz CT molecular complexity index is 620. The number of hydrogen-bond donors (Lipinski definition) is 2. The van der Waals surface area contributed by atoms with Crippen LogP contribution in [0.25, 0.3) is 0 Å². The topological polar surface area (TPSA) is 57.1 Å². The number of halogens is 1. The van der Waals surface area contributed by atoms with Gasteiger partial charge >= 0.3 is 0 Å². The molecule has 0 amide bonds. The summed E-state index contributed by atoms with van der Waals surface area (Å²) in [5.41, 5.74) is 1.35. The SMILES string of the molecule is CCNC(=NCC1(CO)CCOCC1)N1CCC(c2ccccc2)C(CC)C1.I. The lowest BCUT2D eigenvalue weighted by atomic mass is 9.79. The van der Waals surface area contributed by atoms with Crippen LogP contribution in [0, 0.1) is 11.3 Å². The largest absolute Gasteiger partial charge is 0.396 e. The van der Waals surface area contributed by atoms with Gasteiger partial charge in [-0.25, -0.2) is 0 Å². The summed E-state index contributed by atoms with van der Waals surface area (Å²) in [6.45, 7) is 9.67. The lowest BCUT2D eigenvalue weighted by Crippen LogP contribution is -2.49. The Hall–Kier alpha value is -0.860. The second kappa shape index (κ2) is 12.1. The molecular formula is C23H38IN3O2. The van der Waals surface area contributed by atoms with E-state index in [2.05, 4.69) is 54.4 Å². The van der Waals surface area contributed by atoms with Crippen LogP contribution in [0.5, 0.6) is 0 Å². The molecule has 2 atom stereocenters.